The van der Waals surface area contributed by atoms with E-state index in [1.807, 2.05) is 6.07 Å². The summed E-state index contributed by atoms with van der Waals surface area (Å²) in [6.07, 6.45) is 0. The van der Waals surface area contributed by atoms with Crippen molar-refractivity contribution >= 4 is 16.9 Å². The highest BCUT2D eigenvalue weighted by molar-refractivity contribution is 8.13. The monoisotopic (exact) mass is 256 g/mol. The van der Waals surface area contributed by atoms with Gasteiger partial charge in [-0.15, -0.1) is 0 Å². The number of hydrogen-bond acceptors (Lipinski definition) is 5. The van der Waals surface area contributed by atoms with E-state index in [1.165, 1.54) is 11.8 Å². The minimum absolute atomic E-state index is 0.0711. The Morgan fingerprint density at radius 1 is 1.18 bits per heavy atom. The van der Waals surface area contributed by atoms with E-state index in [0.717, 1.165) is 5.56 Å². The van der Waals surface area contributed by atoms with Crippen LogP contribution in [0.4, 0.5) is 0 Å². The van der Waals surface area contributed by atoms with Gasteiger partial charge in [0.2, 0.25) is 5.75 Å². The number of benzene rings is 1. The molecule has 0 atom stereocenters. The van der Waals surface area contributed by atoms with Crippen molar-refractivity contribution in [1.82, 2.24) is 0 Å². The lowest BCUT2D eigenvalue weighted by molar-refractivity contribution is 0.323. The van der Waals surface area contributed by atoms with Gasteiger partial charge < -0.3 is 19.9 Å². The predicted octanol–water partition coefficient (Wildman–Crippen LogP) is 1.84. The topological polar surface area (TPSA) is 77.6 Å². The van der Waals surface area contributed by atoms with Crippen molar-refractivity contribution in [1.29, 1.82) is 5.41 Å². The zero-order chi connectivity index (χ0) is 12.8. The van der Waals surface area contributed by atoms with Crippen molar-refractivity contribution in [2.24, 2.45) is 5.73 Å². The Balaban J connectivity index is 3.09. The first-order chi connectivity index (χ1) is 8.13. The van der Waals surface area contributed by atoms with Crippen molar-refractivity contribution in [3.63, 3.8) is 0 Å². The third-order valence-electron chi connectivity index (χ3n) is 2.17. The second-order valence-corrected chi connectivity index (χ2v) is 4.16. The number of hydrogen-bond donors (Lipinski definition) is 2. The van der Waals surface area contributed by atoms with E-state index in [4.69, 9.17) is 25.4 Å². The third-order valence-corrected chi connectivity index (χ3v) is 2.94. The molecule has 1 rings (SSSR count). The molecule has 3 N–H and O–H groups in total. The second kappa shape index (κ2) is 6.24. The molecule has 5 nitrogen and oxygen atoms in total. The fraction of sp³-hybridized carbons (Fsp3) is 0.364. The third kappa shape index (κ3) is 3.20. The van der Waals surface area contributed by atoms with Gasteiger partial charge in [-0.1, -0.05) is 17.8 Å². The van der Waals surface area contributed by atoms with Crippen LogP contribution in [-0.4, -0.2) is 26.5 Å². The van der Waals surface area contributed by atoms with E-state index in [2.05, 4.69) is 0 Å². The zero-order valence-electron chi connectivity index (χ0n) is 10.1. The molecule has 0 saturated carbocycles. The first kappa shape index (κ1) is 13.5. The molecule has 1 aromatic carbocycles. The van der Waals surface area contributed by atoms with Gasteiger partial charge in [0.25, 0.3) is 0 Å². The minimum atomic E-state index is 0.0711. The molecule has 0 unspecified atom stereocenters. The lowest BCUT2D eigenvalue weighted by atomic mass is 10.2. The van der Waals surface area contributed by atoms with E-state index in [0.29, 0.717) is 23.0 Å². The molecular formula is C11H16N2O3S. The molecular weight excluding hydrogens is 240 g/mol. The average Bonchev–Trinajstić information content (AvgIpc) is 2.34. The van der Waals surface area contributed by atoms with Crippen molar-refractivity contribution in [3.05, 3.63) is 17.7 Å². The van der Waals surface area contributed by atoms with Crippen LogP contribution in [0.5, 0.6) is 17.2 Å². The standard InChI is InChI=1S/C11H16N2O3S/c1-14-8-5-4-7(6-17-11(12)13)9(15-2)10(8)16-3/h4-5H,6H2,1-3H3,(H3,12,13). The highest BCUT2D eigenvalue weighted by Gasteiger charge is 2.15. The maximum absolute atomic E-state index is 7.19. The summed E-state index contributed by atoms with van der Waals surface area (Å²) in [5, 5.41) is 7.26. The number of amidine groups is 1. The van der Waals surface area contributed by atoms with Crippen molar-refractivity contribution in [2.75, 3.05) is 21.3 Å². The fourth-order valence-corrected chi connectivity index (χ4v) is 1.97. The Labute approximate surface area is 105 Å². The van der Waals surface area contributed by atoms with Gasteiger partial charge in [-0.2, -0.15) is 0 Å². The number of methoxy groups -OCH3 is 3. The van der Waals surface area contributed by atoms with Crippen LogP contribution >= 0.6 is 11.8 Å². The summed E-state index contributed by atoms with van der Waals surface area (Å²) in [5.74, 6) is 2.33. The van der Waals surface area contributed by atoms with Crippen LogP contribution in [0.3, 0.4) is 0 Å². The highest BCUT2D eigenvalue weighted by atomic mass is 32.2. The molecule has 0 amide bonds. The normalized spacial score (nSPS) is 9.82. The smallest absolute Gasteiger partial charge is 0.203 e. The number of nitrogens with two attached hydrogens (primary N) is 1. The Kier molecular flexibility index (Phi) is 4.96. The Bertz CT molecular complexity index is 410. The molecule has 0 aromatic heterocycles. The molecule has 0 aliphatic heterocycles. The molecule has 1 aromatic rings. The second-order valence-electron chi connectivity index (χ2n) is 3.15. The molecule has 0 spiro atoms. The molecule has 94 valence electrons. The summed E-state index contributed by atoms with van der Waals surface area (Å²) in [7, 11) is 4.70. The minimum Gasteiger partial charge on any atom is -0.493 e. The molecule has 0 radical (unpaired) electrons. The SMILES string of the molecule is COc1ccc(CSC(=N)N)c(OC)c1OC. The van der Waals surface area contributed by atoms with Crippen LogP contribution < -0.4 is 19.9 Å². The average molecular weight is 256 g/mol. The number of rotatable bonds is 5. The summed E-state index contributed by atoms with van der Waals surface area (Å²) in [4.78, 5) is 0. The van der Waals surface area contributed by atoms with Crippen LogP contribution in [0.2, 0.25) is 0 Å². The van der Waals surface area contributed by atoms with Crippen molar-refractivity contribution in [3.8, 4) is 17.2 Å². The molecule has 6 heteroatoms. The van der Waals surface area contributed by atoms with Crippen molar-refractivity contribution < 1.29 is 14.2 Å². The van der Waals surface area contributed by atoms with Gasteiger partial charge in [0.15, 0.2) is 16.7 Å². The Morgan fingerprint density at radius 3 is 2.29 bits per heavy atom. The molecule has 0 fully saturated rings. The Hall–Kier alpha value is -1.56. The van der Waals surface area contributed by atoms with E-state index in [1.54, 1.807) is 27.4 Å². The van der Waals surface area contributed by atoms with Crippen LogP contribution in [0.15, 0.2) is 12.1 Å². The molecule has 0 saturated heterocycles. The molecule has 17 heavy (non-hydrogen) atoms. The van der Waals surface area contributed by atoms with Gasteiger partial charge in [-0.05, 0) is 6.07 Å². The molecule has 0 aliphatic rings. The predicted molar refractivity (Wildman–Crippen MR) is 69.3 cm³/mol. The first-order valence-corrected chi connectivity index (χ1v) is 5.87. The summed E-state index contributed by atoms with van der Waals surface area (Å²) in [5.41, 5.74) is 6.22. The fourth-order valence-electron chi connectivity index (χ4n) is 1.43. The molecule has 0 aliphatic carbocycles. The van der Waals surface area contributed by atoms with E-state index < -0.39 is 0 Å². The maximum Gasteiger partial charge on any atom is 0.203 e. The van der Waals surface area contributed by atoms with Gasteiger partial charge in [-0.25, -0.2) is 0 Å². The Morgan fingerprint density at radius 2 is 1.82 bits per heavy atom. The van der Waals surface area contributed by atoms with Gasteiger partial charge in [0.1, 0.15) is 0 Å². The maximum atomic E-state index is 7.19. The summed E-state index contributed by atoms with van der Waals surface area (Å²) >= 11 is 1.23. The van der Waals surface area contributed by atoms with Gasteiger partial charge in [0.05, 0.1) is 21.3 Å². The summed E-state index contributed by atoms with van der Waals surface area (Å²) in [6, 6.07) is 3.67. The van der Waals surface area contributed by atoms with Crippen LogP contribution in [-0.2, 0) is 5.75 Å². The highest BCUT2D eigenvalue weighted by Crippen LogP contribution is 2.40. The van der Waals surface area contributed by atoms with Gasteiger partial charge >= 0.3 is 0 Å². The summed E-state index contributed by atoms with van der Waals surface area (Å²) in [6.45, 7) is 0. The number of thioether (sulfide) groups is 1. The molecule has 0 bridgehead atoms. The quantitative estimate of drug-likeness (QED) is 0.621. The van der Waals surface area contributed by atoms with E-state index in [-0.39, 0.29) is 5.17 Å². The van der Waals surface area contributed by atoms with Crippen LogP contribution in [0.25, 0.3) is 0 Å². The van der Waals surface area contributed by atoms with E-state index >= 15 is 0 Å². The molecule has 0 heterocycles. The number of ether oxygens (including phenoxy) is 3. The zero-order valence-corrected chi connectivity index (χ0v) is 10.9. The summed E-state index contributed by atoms with van der Waals surface area (Å²) < 4.78 is 15.8. The van der Waals surface area contributed by atoms with Gasteiger partial charge in [-0.3, -0.25) is 5.41 Å². The lowest BCUT2D eigenvalue weighted by Crippen LogP contribution is -2.05. The lowest BCUT2D eigenvalue weighted by Gasteiger charge is -2.15. The van der Waals surface area contributed by atoms with Crippen molar-refractivity contribution in [2.45, 2.75) is 5.75 Å². The van der Waals surface area contributed by atoms with Gasteiger partial charge in [0, 0.05) is 11.3 Å². The largest absolute Gasteiger partial charge is 0.493 e. The van der Waals surface area contributed by atoms with Crippen LogP contribution in [0, 0.1) is 5.41 Å². The van der Waals surface area contributed by atoms with E-state index in [9.17, 15) is 0 Å². The van der Waals surface area contributed by atoms with Crippen LogP contribution in [0.1, 0.15) is 5.56 Å². The number of nitrogens with one attached hydrogen (secondary N) is 1. The first-order valence-electron chi connectivity index (χ1n) is 4.88.